The van der Waals surface area contributed by atoms with Crippen LogP contribution in [0.3, 0.4) is 0 Å². The van der Waals surface area contributed by atoms with E-state index in [1.807, 2.05) is 0 Å². The molecule has 0 aromatic heterocycles. The number of carbonyl (C=O) groups excluding carboxylic acids is 1. The molecule has 1 amide bonds. The molecule has 0 saturated heterocycles. The van der Waals surface area contributed by atoms with Crippen LogP contribution in [0.4, 0.5) is 17.6 Å². The lowest BCUT2D eigenvalue weighted by Gasteiger charge is -2.26. The minimum Gasteiger partial charge on any atom is -0.349 e. The molecule has 7 heteroatoms. The number of benzene rings is 1. The van der Waals surface area contributed by atoms with E-state index in [0.717, 1.165) is 31.7 Å². The van der Waals surface area contributed by atoms with Crippen LogP contribution in [0.15, 0.2) is 18.2 Å². The molecule has 0 aliphatic heterocycles. The second-order valence-electron chi connectivity index (χ2n) is 5.11. The zero-order chi connectivity index (χ0) is 15.6. The summed E-state index contributed by atoms with van der Waals surface area (Å²) in [5, 5.41) is 2.70. The van der Waals surface area contributed by atoms with E-state index >= 15 is 0 Å². The Morgan fingerprint density at radius 2 is 1.81 bits per heavy atom. The molecule has 0 spiro atoms. The van der Waals surface area contributed by atoms with Crippen LogP contribution in [0.1, 0.15) is 41.6 Å². The van der Waals surface area contributed by atoms with Gasteiger partial charge in [-0.1, -0.05) is 15.9 Å². The Kier molecular flexibility index (Phi) is 4.91. The first kappa shape index (κ1) is 16.3. The van der Waals surface area contributed by atoms with E-state index in [0.29, 0.717) is 17.0 Å². The predicted octanol–water partition coefficient (Wildman–Crippen LogP) is 4.28. The Balaban J connectivity index is 2.09. The maximum Gasteiger partial charge on any atom is 0.419 e. The largest absolute Gasteiger partial charge is 0.419 e. The van der Waals surface area contributed by atoms with Crippen molar-refractivity contribution < 1.29 is 22.4 Å². The highest BCUT2D eigenvalue weighted by Gasteiger charge is 2.34. The van der Waals surface area contributed by atoms with Crippen LogP contribution in [0.25, 0.3) is 0 Å². The van der Waals surface area contributed by atoms with Gasteiger partial charge in [-0.2, -0.15) is 13.2 Å². The average molecular weight is 368 g/mol. The third-order valence-electron chi connectivity index (χ3n) is 3.53. The number of amides is 1. The predicted molar refractivity (Wildman–Crippen MR) is 73.8 cm³/mol. The summed E-state index contributed by atoms with van der Waals surface area (Å²) in [7, 11) is 0. The second kappa shape index (κ2) is 6.34. The van der Waals surface area contributed by atoms with Gasteiger partial charge in [0.05, 0.1) is 5.56 Å². The monoisotopic (exact) mass is 367 g/mol. The molecule has 0 heterocycles. The Morgan fingerprint density at radius 3 is 2.38 bits per heavy atom. The number of halogens is 5. The van der Waals surface area contributed by atoms with Crippen LogP contribution < -0.4 is 5.32 Å². The molecule has 1 saturated carbocycles. The first-order chi connectivity index (χ1) is 9.77. The molecule has 2 nitrogen and oxygen atoms in total. The van der Waals surface area contributed by atoms with Crippen LogP contribution in [-0.4, -0.2) is 16.8 Å². The van der Waals surface area contributed by atoms with E-state index < -0.39 is 23.5 Å². The summed E-state index contributed by atoms with van der Waals surface area (Å²) in [6, 6.07) is 2.25. The van der Waals surface area contributed by atoms with Gasteiger partial charge < -0.3 is 5.32 Å². The fourth-order valence-corrected chi connectivity index (χ4v) is 2.88. The molecular weight excluding hydrogens is 354 g/mol. The summed E-state index contributed by atoms with van der Waals surface area (Å²) in [5.41, 5.74) is -1.59. The standard InChI is InChI=1S/C14H14BrF4NO/c15-9-2-4-10(5-3-9)20-13(21)8-1-6-12(16)11(7-8)14(17,18)19/h1,6-7,9-10H,2-5H2,(H,20,21). The Bertz CT molecular complexity index is 524. The normalized spacial score (nSPS) is 22.9. The van der Waals surface area contributed by atoms with Gasteiger partial charge in [-0.25, -0.2) is 4.39 Å². The van der Waals surface area contributed by atoms with Crippen LogP contribution >= 0.6 is 15.9 Å². The van der Waals surface area contributed by atoms with Gasteiger partial charge in [0.15, 0.2) is 0 Å². The average Bonchev–Trinajstić information content (AvgIpc) is 2.40. The highest BCUT2D eigenvalue weighted by atomic mass is 79.9. The third kappa shape index (κ3) is 4.18. The molecule has 1 aliphatic carbocycles. The lowest BCUT2D eigenvalue weighted by atomic mass is 9.95. The van der Waals surface area contributed by atoms with Crippen molar-refractivity contribution in [3.63, 3.8) is 0 Å². The molecule has 2 rings (SSSR count). The van der Waals surface area contributed by atoms with Gasteiger partial charge in [0.25, 0.3) is 5.91 Å². The van der Waals surface area contributed by atoms with Gasteiger partial charge in [-0.05, 0) is 43.9 Å². The number of alkyl halides is 4. The quantitative estimate of drug-likeness (QED) is 0.613. The zero-order valence-electron chi connectivity index (χ0n) is 11.0. The third-order valence-corrected chi connectivity index (χ3v) is 4.44. The highest BCUT2D eigenvalue weighted by molar-refractivity contribution is 9.09. The fraction of sp³-hybridized carbons (Fsp3) is 0.500. The van der Waals surface area contributed by atoms with E-state index in [1.165, 1.54) is 0 Å². The molecule has 1 fully saturated rings. The van der Waals surface area contributed by atoms with E-state index in [2.05, 4.69) is 21.2 Å². The van der Waals surface area contributed by atoms with Crippen LogP contribution in [0.2, 0.25) is 0 Å². The molecule has 0 bridgehead atoms. The molecule has 116 valence electrons. The SMILES string of the molecule is O=C(NC1CCC(Br)CC1)c1ccc(F)c(C(F)(F)F)c1. The van der Waals surface area contributed by atoms with E-state index in [9.17, 15) is 22.4 Å². The van der Waals surface area contributed by atoms with Crippen molar-refractivity contribution in [2.45, 2.75) is 42.7 Å². The molecule has 1 N–H and O–H groups in total. The van der Waals surface area contributed by atoms with Crippen molar-refractivity contribution in [3.8, 4) is 0 Å². The summed E-state index contributed by atoms with van der Waals surface area (Å²) in [6.45, 7) is 0. The van der Waals surface area contributed by atoms with Gasteiger partial charge in [-0.15, -0.1) is 0 Å². The van der Waals surface area contributed by atoms with Crippen molar-refractivity contribution >= 4 is 21.8 Å². The number of rotatable bonds is 2. The molecule has 0 unspecified atom stereocenters. The fourth-order valence-electron chi connectivity index (χ4n) is 2.35. The number of hydrogen-bond acceptors (Lipinski definition) is 1. The van der Waals surface area contributed by atoms with E-state index in [1.54, 1.807) is 0 Å². The van der Waals surface area contributed by atoms with Crippen molar-refractivity contribution in [1.29, 1.82) is 0 Å². The van der Waals surface area contributed by atoms with Crippen LogP contribution in [0.5, 0.6) is 0 Å². The second-order valence-corrected chi connectivity index (χ2v) is 6.41. The smallest absolute Gasteiger partial charge is 0.349 e. The number of carbonyl (C=O) groups is 1. The number of hydrogen-bond donors (Lipinski definition) is 1. The van der Waals surface area contributed by atoms with Crippen molar-refractivity contribution in [3.05, 3.63) is 35.1 Å². The van der Waals surface area contributed by atoms with Gasteiger partial charge in [0.1, 0.15) is 5.82 Å². The molecule has 0 atom stereocenters. The van der Waals surface area contributed by atoms with Crippen molar-refractivity contribution in [2.24, 2.45) is 0 Å². The summed E-state index contributed by atoms with van der Waals surface area (Å²) in [6.07, 6.45) is -1.46. The van der Waals surface area contributed by atoms with E-state index in [4.69, 9.17) is 0 Å². The maximum atomic E-state index is 13.2. The lowest BCUT2D eigenvalue weighted by Crippen LogP contribution is -2.37. The maximum absolute atomic E-state index is 13.2. The highest BCUT2D eigenvalue weighted by Crippen LogP contribution is 2.32. The molecule has 1 aliphatic rings. The van der Waals surface area contributed by atoms with Gasteiger partial charge >= 0.3 is 6.18 Å². The van der Waals surface area contributed by atoms with Gasteiger partial charge in [-0.3, -0.25) is 4.79 Å². The van der Waals surface area contributed by atoms with Crippen LogP contribution in [0, 0.1) is 5.82 Å². The van der Waals surface area contributed by atoms with E-state index in [-0.39, 0.29) is 11.6 Å². The minimum atomic E-state index is -4.81. The molecular formula is C14H14BrF4NO. The minimum absolute atomic E-state index is 0.0503. The first-order valence-corrected chi connectivity index (χ1v) is 7.50. The Hall–Kier alpha value is -1.11. The molecule has 0 radical (unpaired) electrons. The Morgan fingerprint density at radius 1 is 1.19 bits per heavy atom. The van der Waals surface area contributed by atoms with Gasteiger partial charge in [0.2, 0.25) is 0 Å². The van der Waals surface area contributed by atoms with Crippen molar-refractivity contribution in [1.82, 2.24) is 5.32 Å². The van der Waals surface area contributed by atoms with Gasteiger partial charge in [0, 0.05) is 16.4 Å². The molecule has 1 aromatic rings. The number of nitrogens with one attached hydrogen (secondary N) is 1. The Labute approximate surface area is 128 Å². The molecule has 21 heavy (non-hydrogen) atoms. The lowest BCUT2D eigenvalue weighted by molar-refractivity contribution is -0.140. The first-order valence-electron chi connectivity index (χ1n) is 6.59. The zero-order valence-corrected chi connectivity index (χ0v) is 12.6. The topological polar surface area (TPSA) is 29.1 Å². The van der Waals surface area contributed by atoms with Crippen molar-refractivity contribution in [2.75, 3.05) is 0 Å². The summed E-state index contributed by atoms with van der Waals surface area (Å²) in [5.74, 6) is -1.97. The van der Waals surface area contributed by atoms with Crippen LogP contribution in [-0.2, 0) is 6.18 Å². The summed E-state index contributed by atoms with van der Waals surface area (Å²) < 4.78 is 51.0. The summed E-state index contributed by atoms with van der Waals surface area (Å²) >= 11 is 3.49. The molecule has 1 aromatic carbocycles. The summed E-state index contributed by atoms with van der Waals surface area (Å²) in [4.78, 5) is 12.4.